The van der Waals surface area contributed by atoms with Gasteiger partial charge in [0.25, 0.3) is 0 Å². The van der Waals surface area contributed by atoms with E-state index < -0.39 is 5.91 Å². The minimum Gasteiger partial charge on any atom is -0.366 e. The zero-order valence-corrected chi connectivity index (χ0v) is 11.1. The summed E-state index contributed by atoms with van der Waals surface area (Å²) >= 11 is 0. The van der Waals surface area contributed by atoms with Crippen molar-refractivity contribution >= 4 is 5.91 Å². The van der Waals surface area contributed by atoms with Crippen molar-refractivity contribution < 1.29 is 9.32 Å². The maximum absolute atomic E-state index is 11.6. The normalized spacial score (nSPS) is 10.5. The lowest BCUT2D eigenvalue weighted by atomic mass is 10.00. The van der Waals surface area contributed by atoms with Crippen LogP contribution in [-0.2, 0) is 6.42 Å². The Kier molecular flexibility index (Phi) is 3.42. The molecule has 21 heavy (non-hydrogen) atoms. The Morgan fingerprint density at radius 2 is 1.95 bits per heavy atom. The van der Waals surface area contributed by atoms with Crippen molar-refractivity contribution in [3.63, 3.8) is 0 Å². The molecule has 2 aromatic heterocycles. The van der Waals surface area contributed by atoms with Gasteiger partial charge in [0.15, 0.2) is 0 Å². The van der Waals surface area contributed by atoms with Crippen molar-refractivity contribution in [3.05, 3.63) is 65.8 Å². The van der Waals surface area contributed by atoms with E-state index in [0.29, 0.717) is 29.1 Å². The Balaban J connectivity index is 2.12. The molecule has 0 aliphatic heterocycles. The van der Waals surface area contributed by atoms with E-state index >= 15 is 0 Å². The SMILES string of the molecule is NC(=O)c1ccnc(Cc2ccccc2)c1-c1ncon1. The number of carbonyl (C=O) groups excluding carboxylic acids is 1. The third kappa shape index (κ3) is 2.64. The topological polar surface area (TPSA) is 94.9 Å². The average Bonchev–Trinajstić information content (AvgIpc) is 3.02. The Morgan fingerprint density at radius 1 is 1.14 bits per heavy atom. The minimum absolute atomic E-state index is 0.308. The molecular formula is C15H12N4O2. The van der Waals surface area contributed by atoms with Crippen LogP contribution in [0.2, 0.25) is 0 Å². The van der Waals surface area contributed by atoms with Crippen molar-refractivity contribution in [2.24, 2.45) is 5.73 Å². The molecule has 0 unspecified atom stereocenters. The molecule has 0 atom stereocenters. The molecule has 1 amide bonds. The lowest BCUT2D eigenvalue weighted by molar-refractivity contribution is 0.100. The standard InChI is InChI=1S/C15H12N4O2/c16-14(20)11-6-7-17-12(8-10-4-2-1-3-5-10)13(11)15-18-9-21-19-15/h1-7,9H,8H2,(H2,16,20). The second kappa shape index (κ2) is 5.54. The molecule has 3 rings (SSSR count). The number of primary amides is 1. The quantitative estimate of drug-likeness (QED) is 0.786. The van der Waals surface area contributed by atoms with E-state index in [0.717, 1.165) is 5.56 Å². The van der Waals surface area contributed by atoms with Gasteiger partial charge in [0, 0.05) is 12.6 Å². The average molecular weight is 280 g/mol. The van der Waals surface area contributed by atoms with Crippen LogP contribution in [0.3, 0.4) is 0 Å². The number of rotatable bonds is 4. The van der Waals surface area contributed by atoms with Crippen LogP contribution in [0, 0.1) is 0 Å². The fraction of sp³-hybridized carbons (Fsp3) is 0.0667. The summed E-state index contributed by atoms with van der Waals surface area (Å²) in [5.41, 5.74) is 8.02. The molecule has 104 valence electrons. The van der Waals surface area contributed by atoms with E-state index in [4.69, 9.17) is 10.3 Å². The monoisotopic (exact) mass is 280 g/mol. The first kappa shape index (κ1) is 13.0. The van der Waals surface area contributed by atoms with Crippen molar-refractivity contribution in [1.82, 2.24) is 15.1 Å². The van der Waals surface area contributed by atoms with E-state index in [1.807, 2.05) is 30.3 Å². The molecular weight excluding hydrogens is 268 g/mol. The number of aromatic nitrogens is 3. The van der Waals surface area contributed by atoms with E-state index in [1.165, 1.54) is 6.39 Å². The molecule has 0 saturated heterocycles. The molecule has 3 aromatic rings. The zero-order valence-electron chi connectivity index (χ0n) is 11.1. The van der Waals surface area contributed by atoms with Gasteiger partial charge in [-0.2, -0.15) is 4.98 Å². The maximum Gasteiger partial charge on any atom is 0.249 e. The highest BCUT2D eigenvalue weighted by atomic mass is 16.5. The van der Waals surface area contributed by atoms with Crippen LogP contribution in [-0.4, -0.2) is 21.0 Å². The van der Waals surface area contributed by atoms with E-state index in [2.05, 4.69) is 15.1 Å². The first-order valence-electron chi connectivity index (χ1n) is 6.34. The molecule has 1 aromatic carbocycles. The first-order chi connectivity index (χ1) is 10.3. The molecule has 2 heterocycles. The smallest absolute Gasteiger partial charge is 0.249 e. The van der Waals surface area contributed by atoms with Gasteiger partial charge in [-0.3, -0.25) is 9.78 Å². The summed E-state index contributed by atoms with van der Waals surface area (Å²) < 4.78 is 4.77. The summed E-state index contributed by atoms with van der Waals surface area (Å²) in [6.45, 7) is 0. The van der Waals surface area contributed by atoms with E-state index in [1.54, 1.807) is 12.3 Å². The highest BCUT2D eigenvalue weighted by Crippen LogP contribution is 2.25. The Labute approximate surface area is 120 Å². The molecule has 0 bridgehead atoms. The molecule has 0 aliphatic rings. The fourth-order valence-corrected chi connectivity index (χ4v) is 2.16. The van der Waals surface area contributed by atoms with Crippen LogP contribution < -0.4 is 5.73 Å². The van der Waals surface area contributed by atoms with Crippen molar-refractivity contribution in [3.8, 4) is 11.4 Å². The number of carbonyl (C=O) groups is 1. The summed E-state index contributed by atoms with van der Waals surface area (Å²) in [6, 6.07) is 11.4. The number of pyridine rings is 1. The molecule has 6 nitrogen and oxygen atoms in total. The van der Waals surface area contributed by atoms with Gasteiger partial charge < -0.3 is 10.3 Å². The number of hydrogen-bond donors (Lipinski definition) is 1. The lowest BCUT2D eigenvalue weighted by Crippen LogP contribution is -2.14. The molecule has 6 heteroatoms. The molecule has 0 spiro atoms. The Bertz CT molecular complexity index is 755. The number of benzene rings is 1. The predicted molar refractivity (Wildman–Crippen MR) is 75.3 cm³/mol. The van der Waals surface area contributed by atoms with Crippen molar-refractivity contribution in [2.75, 3.05) is 0 Å². The summed E-state index contributed by atoms with van der Waals surface area (Å²) in [4.78, 5) is 20.0. The fourth-order valence-electron chi connectivity index (χ4n) is 2.16. The van der Waals surface area contributed by atoms with Gasteiger partial charge in [0.05, 0.1) is 16.8 Å². The van der Waals surface area contributed by atoms with Gasteiger partial charge in [-0.25, -0.2) is 0 Å². The molecule has 0 radical (unpaired) electrons. The van der Waals surface area contributed by atoms with Crippen LogP contribution in [0.5, 0.6) is 0 Å². The van der Waals surface area contributed by atoms with Gasteiger partial charge in [-0.15, -0.1) is 0 Å². The van der Waals surface area contributed by atoms with E-state index in [9.17, 15) is 4.79 Å². The lowest BCUT2D eigenvalue weighted by Gasteiger charge is -2.09. The second-order valence-corrected chi connectivity index (χ2v) is 4.46. The van der Waals surface area contributed by atoms with E-state index in [-0.39, 0.29) is 0 Å². The minimum atomic E-state index is -0.550. The van der Waals surface area contributed by atoms with Crippen molar-refractivity contribution in [1.29, 1.82) is 0 Å². The maximum atomic E-state index is 11.6. The van der Waals surface area contributed by atoms with Gasteiger partial charge in [0.1, 0.15) is 0 Å². The summed E-state index contributed by atoms with van der Waals surface area (Å²) in [6.07, 6.45) is 3.31. The Morgan fingerprint density at radius 3 is 2.62 bits per heavy atom. The highest BCUT2D eigenvalue weighted by molar-refractivity contribution is 5.99. The van der Waals surface area contributed by atoms with Crippen LogP contribution in [0.1, 0.15) is 21.6 Å². The third-order valence-electron chi connectivity index (χ3n) is 3.09. The second-order valence-electron chi connectivity index (χ2n) is 4.46. The zero-order chi connectivity index (χ0) is 14.7. The van der Waals surface area contributed by atoms with Gasteiger partial charge >= 0.3 is 0 Å². The Hall–Kier alpha value is -3.02. The van der Waals surface area contributed by atoms with Crippen molar-refractivity contribution in [2.45, 2.75) is 6.42 Å². The first-order valence-corrected chi connectivity index (χ1v) is 6.34. The highest BCUT2D eigenvalue weighted by Gasteiger charge is 2.19. The molecule has 2 N–H and O–H groups in total. The van der Waals surface area contributed by atoms with Gasteiger partial charge in [0.2, 0.25) is 18.1 Å². The number of nitrogens with zero attached hydrogens (tertiary/aromatic N) is 3. The van der Waals surface area contributed by atoms with Gasteiger partial charge in [-0.1, -0.05) is 35.5 Å². The number of hydrogen-bond acceptors (Lipinski definition) is 5. The molecule has 0 fully saturated rings. The summed E-state index contributed by atoms with van der Waals surface area (Å²) in [7, 11) is 0. The largest absolute Gasteiger partial charge is 0.366 e. The molecule has 0 saturated carbocycles. The summed E-state index contributed by atoms with van der Waals surface area (Å²) in [5, 5.41) is 3.80. The van der Waals surface area contributed by atoms with Crippen LogP contribution in [0.4, 0.5) is 0 Å². The number of amides is 1. The predicted octanol–water partition coefficient (Wildman–Crippen LogP) is 1.82. The van der Waals surface area contributed by atoms with Crippen LogP contribution >= 0.6 is 0 Å². The van der Waals surface area contributed by atoms with Crippen LogP contribution in [0.25, 0.3) is 11.4 Å². The summed E-state index contributed by atoms with van der Waals surface area (Å²) in [5.74, 6) is -0.241. The van der Waals surface area contributed by atoms with Crippen LogP contribution in [0.15, 0.2) is 53.5 Å². The van der Waals surface area contributed by atoms with Gasteiger partial charge in [-0.05, 0) is 11.6 Å². The third-order valence-corrected chi connectivity index (χ3v) is 3.09. The number of nitrogens with two attached hydrogens (primary N) is 1. The molecule has 0 aliphatic carbocycles.